The Bertz CT molecular complexity index is 328. The summed E-state index contributed by atoms with van der Waals surface area (Å²) in [5.41, 5.74) is 6.28. The summed E-state index contributed by atoms with van der Waals surface area (Å²) in [4.78, 5) is 14.7. The summed E-state index contributed by atoms with van der Waals surface area (Å²) in [7, 11) is 2.01. The third kappa shape index (κ3) is 2.64. The van der Waals surface area contributed by atoms with Crippen LogP contribution in [-0.2, 0) is 4.79 Å². The number of nitrogens with zero attached hydrogens (tertiary/aromatic N) is 1. The van der Waals surface area contributed by atoms with Gasteiger partial charge in [-0.25, -0.2) is 0 Å². The smallest absolute Gasteiger partial charge is 0.227 e. The Balaban J connectivity index is 0.00000133. The summed E-state index contributed by atoms with van der Waals surface area (Å²) in [6.07, 6.45) is 9.98. The highest BCUT2D eigenvalue weighted by Gasteiger charge is 2.50. The molecule has 3 fully saturated rings. The molecule has 3 aliphatic rings. The Hall–Kier alpha value is -0.280. The molecule has 1 amide bonds. The van der Waals surface area contributed by atoms with Crippen LogP contribution in [0.1, 0.15) is 51.4 Å². The van der Waals surface area contributed by atoms with Gasteiger partial charge in [-0.05, 0) is 43.9 Å². The molecule has 2 bridgehead atoms. The van der Waals surface area contributed by atoms with E-state index in [4.69, 9.17) is 5.73 Å². The molecular formula is C15H27ClN2O. The van der Waals surface area contributed by atoms with Gasteiger partial charge in [-0.3, -0.25) is 4.79 Å². The quantitative estimate of drug-likeness (QED) is 0.848. The molecule has 0 aromatic heterocycles. The van der Waals surface area contributed by atoms with Crippen molar-refractivity contribution in [3.63, 3.8) is 0 Å². The average molecular weight is 287 g/mol. The molecule has 3 nitrogen and oxygen atoms in total. The van der Waals surface area contributed by atoms with Crippen LogP contribution in [0.3, 0.4) is 0 Å². The number of rotatable bonds is 2. The molecule has 0 aromatic rings. The van der Waals surface area contributed by atoms with E-state index in [0.29, 0.717) is 23.8 Å². The fourth-order valence-electron chi connectivity index (χ4n) is 4.59. The van der Waals surface area contributed by atoms with Crippen LogP contribution in [0.5, 0.6) is 0 Å². The average Bonchev–Trinajstić information content (AvgIpc) is 2.99. The van der Waals surface area contributed by atoms with Crippen molar-refractivity contribution in [3.05, 3.63) is 0 Å². The number of carbonyl (C=O) groups excluding carboxylic acids is 1. The van der Waals surface area contributed by atoms with Gasteiger partial charge in [0.2, 0.25) is 5.91 Å². The van der Waals surface area contributed by atoms with Crippen LogP contribution in [0.15, 0.2) is 0 Å². The van der Waals surface area contributed by atoms with Crippen LogP contribution < -0.4 is 5.73 Å². The highest BCUT2D eigenvalue weighted by molar-refractivity contribution is 5.85. The van der Waals surface area contributed by atoms with Gasteiger partial charge in [0.05, 0.1) is 5.92 Å². The molecule has 110 valence electrons. The third-order valence-corrected chi connectivity index (χ3v) is 5.74. The lowest BCUT2D eigenvalue weighted by Gasteiger charge is -2.36. The Morgan fingerprint density at radius 3 is 2.26 bits per heavy atom. The lowest BCUT2D eigenvalue weighted by Crippen LogP contribution is -2.49. The summed E-state index contributed by atoms with van der Waals surface area (Å²) >= 11 is 0. The highest BCUT2D eigenvalue weighted by atomic mass is 35.5. The second-order valence-corrected chi connectivity index (χ2v) is 6.68. The third-order valence-electron chi connectivity index (χ3n) is 5.74. The van der Waals surface area contributed by atoms with Gasteiger partial charge in [-0.2, -0.15) is 0 Å². The Kier molecular flexibility index (Phi) is 4.78. The first-order valence-corrected chi connectivity index (χ1v) is 7.70. The van der Waals surface area contributed by atoms with Crippen LogP contribution in [0.2, 0.25) is 0 Å². The lowest BCUT2D eigenvalue weighted by molar-refractivity contribution is -0.139. The van der Waals surface area contributed by atoms with Crippen molar-refractivity contribution in [2.24, 2.45) is 23.5 Å². The summed E-state index contributed by atoms with van der Waals surface area (Å²) in [6, 6.07) is 0.625. The molecule has 4 atom stereocenters. The SMILES string of the molecule is CN(C(=O)C1C2CCC(C2)C1N)C1CCCCC1.Cl. The van der Waals surface area contributed by atoms with Gasteiger partial charge in [0.25, 0.3) is 0 Å². The summed E-state index contributed by atoms with van der Waals surface area (Å²) in [5.74, 6) is 1.70. The zero-order valence-electron chi connectivity index (χ0n) is 11.9. The van der Waals surface area contributed by atoms with Crippen LogP contribution >= 0.6 is 12.4 Å². The van der Waals surface area contributed by atoms with Crippen LogP contribution in [-0.4, -0.2) is 29.9 Å². The molecule has 19 heavy (non-hydrogen) atoms. The van der Waals surface area contributed by atoms with Crippen molar-refractivity contribution in [1.29, 1.82) is 0 Å². The van der Waals surface area contributed by atoms with Crippen molar-refractivity contribution in [2.75, 3.05) is 7.05 Å². The second-order valence-electron chi connectivity index (χ2n) is 6.68. The molecule has 0 saturated heterocycles. The van der Waals surface area contributed by atoms with Gasteiger partial charge in [0, 0.05) is 19.1 Å². The van der Waals surface area contributed by atoms with Crippen molar-refractivity contribution in [3.8, 4) is 0 Å². The summed E-state index contributed by atoms with van der Waals surface area (Å²) < 4.78 is 0. The first-order valence-electron chi connectivity index (χ1n) is 7.70. The zero-order valence-corrected chi connectivity index (χ0v) is 12.7. The largest absolute Gasteiger partial charge is 0.342 e. The second kappa shape index (κ2) is 6.01. The topological polar surface area (TPSA) is 46.3 Å². The molecule has 2 N–H and O–H groups in total. The number of hydrogen-bond acceptors (Lipinski definition) is 2. The molecular weight excluding hydrogens is 260 g/mol. The van der Waals surface area contributed by atoms with Gasteiger partial charge in [-0.1, -0.05) is 19.3 Å². The number of carbonyl (C=O) groups is 1. The molecule has 4 heteroatoms. The van der Waals surface area contributed by atoms with Gasteiger partial charge in [-0.15, -0.1) is 12.4 Å². The maximum atomic E-state index is 12.7. The van der Waals surface area contributed by atoms with Gasteiger partial charge in [0.15, 0.2) is 0 Å². The zero-order chi connectivity index (χ0) is 12.7. The van der Waals surface area contributed by atoms with Crippen molar-refractivity contribution < 1.29 is 4.79 Å². The van der Waals surface area contributed by atoms with E-state index in [-0.39, 0.29) is 24.4 Å². The molecule has 3 saturated carbocycles. The predicted molar refractivity (Wildman–Crippen MR) is 79.2 cm³/mol. The minimum Gasteiger partial charge on any atom is -0.342 e. The van der Waals surface area contributed by atoms with E-state index in [9.17, 15) is 4.79 Å². The van der Waals surface area contributed by atoms with Gasteiger partial charge in [0.1, 0.15) is 0 Å². The maximum absolute atomic E-state index is 12.7. The van der Waals surface area contributed by atoms with Gasteiger partial charge >= 0.3 is 0 Å². The van der Waals surface area contributed by atoms with E-state index in [0.717, 1.165) is 0 Å². The normalized spacial score (nSPS) is 38.0. The number of nitrogens with two attached hydrogens (primary N) is 1. The molecule has 0 radical (unpaired) electrons. The molecule has 0 aliphatic heterocycles. The summed E-state index contributed by atoms with van der Waals surface area (Å²) in [5, 5.41) is 0. The fourth-order valence-corrected chi connectivity index (χ4v) is 4.59. The number of amides is 1. The fraction of sp³-hybridized carbons (Fsp3) is 0.933. The first-order chi connectivity index (χ1) is 8.68. The van der Waals surface area contributed by atoms with E-state index in [1.54, 1.807) is 0 Å². The van der Waals surface area contributed by atoms with E-state index in [1.165, 1.54) is 51.4 Å². The lowest BCUT2D eigenvalue weighted by atomic mass is 9.83. The molecule has 3 rings (SSSR count). The maximum Gasteiger partial charge on any atom is 0.227 e. The van der Waals surface area contributed by atoms with E-state index in [1.807, 2.05) is 11.9 Å². The van der Waals surface area contributed by atoms with E-state index >= 15 is 0 Å². The van der Waals surface area contributed by atoms with Crippen molar-refractivity contribution >= 4 is 18.3 Å². The van der Waals surface area contributed by atoms with Gasteiger partial charge < -0.3 is 10.6 Å². The predicted octanol–water partition coefficient (Wildman–Crippen LogP) is 2.57. The van der Waals surface area contributed by atoms with Crippen LogP contribution in [0.4, 0.5) is 0 Å². The van der Waals surface area contributed by atoms with Crippen LogP contribution in [0.25, 0.3) is 0 Å². The van der Waals surface area contributed by atoms with Crippen molar-refractivity contribution in [1.82, 2.24) is 4.90 Å². The standard InChI is InChI=1S/C15H26N2O.ClH/c1-17(12-5-3-2-4-6-12)15(18)13-10-7-8-11(9-10)14(13)16;/h10-14H,2-9,16H2,1H3;1H. The Morgan fingerprint density at radius 1 is 1.05 bits per heavy atom. The number of hydrogen-bond donors (Lipinski definition) is 1. The molecule has 0 spiro atoms. The Labute approximate surface area is 122 Å². The van der Waals surface area contributed by atoms with E-state index in [2.05, 4.69) is 0 Å². The van der Waals surface area contributed by atoms with Crippen LogP contribution in [0, 0.1) is 17.8 Å². The summed E-state index contributed by atoms with van der Waals surface area (Å²) in [6.45, 7) is 0. The Morgan fingerprint density at radius 2 is 1.68 bits per heavy atom. The number of fused-ring (bicyclic) bond motifs is 2. The minimum atomic E-state index is 0. The first kappa shape index (κ1) is 15.1. The number of halogens is 1. The monoisotopic (exact) mass is 286 g/mol. The molecule has 4 unspecified atom stereocenters. The minimum absolute atomic E-state index is 0. The molecule has 3 aliphatic carbocycles. The van der Waals surface area contributed by atoms with Crippen molar-refractivity contribution in [2.45, 2.75) is 63.5 Å². The highest BCUT2D eigenvalue weighted by Crippen LogP contribution is 2.48. The molecule has 0 aromatic carbocycles. The van der Waals surface area contributed by atoms with E-state index < -0.39 is 0 Å². The molecule has 0 heterocycles.